The molecule has 1 N–H and O–H groups in total. The van der Waals surface area contributed by atoms with E-state index in [0.717, 1.165) is 37.0 Å². The van der Waals surface area contributed by atoms with Gasteiger partial charge in [0, 0.05) is 17.4 Å². The number of fused-ring (bicyclic) bond motifs is 1. The first kappa shape index (κ1) is 17.7. The normalized spacial score (nSPS) is 16.6. The summed E-state index contributed by atoms with van der Waals surface area (Å²) >= 11 is 0. The third kappa shape index (κ3) is 3.82. The number of carbonyl (C=O) groups excluding carboxylic acids is 2. The molecule has 0 radical (unpaired) electrons. The fourth-order valence-corrected chi connectivity index (χ4v) is 2.87. The first-order valence-electron chi connectivity index (χ1n) is 8.34. The van der Waals surface area contributed by atoms with Crippen molar-refractivity contribution in [3.05, 3.63) is 17.0 Å². The Morgan fingerprint density at radius 2 is 1.70 bits per heavy atom. The standard InChI is InChI=1S/C18H28N2O3/c1-17(2,3)14(15(21)18(4,5)6)19-16(22)13-11-9-7-8-10-12(11)23-20-13/h14H,7-10H2,1-6H3,(H,19,22)/t14-/m1/s1. The Balaban J connectivity index is 2.25. The van der Waals surface area contributed by atoms with Gasteiger partial charge in [0.15, 0.2) is 11.5 Å². The van der Waals surface area contributed by atoms with Gasteiger partial charge in [0.25, 0.3) is 5.91 Å². The zero-order chi connectivity index (χ0) is 17.4. The van der Waals surface area contributed by atoms with Crippen LogP contribution >= 0.6 is 0 Å². The second kappa shape index (κ2) is 6.10. The van der Waals surface area contributed by atoms with Crippen LogP contribution in [0.5, 0.6) is 0 Å². The summed E-state index contributed by atoms with van der Waals surface area (Å²) < 4.78 is 5.31. The number of aromatic nitrogens is 1. The third-order valence-corrected chi connectivity index (χ3v) is 4.31. The molecule has 1 aliphatic rings. The maximum atomic E-state index is 12.7. The molecule has 128 valence electrons. The second-order valence-electron chi connectivity index (χ2n) is 8.53. The number of hydrogen-bond donors (Lipinski definition) is 1. The molecule has 0 aromatic carbocycles. The summed E-state index contributed by atoms with van der Waals surface area (Å²) in [6, 6.07) is -0.564. The van der Waals surface area contributed by atoms with E-state index in [9.17, 15) is 9.59 Å². The van der Waals surface area contributed by atoms with Crippen LogP contribution in [-0.4, -0.2) is 22.9 Å². The SMILES string of the molecule is CC(C)(C)C(=O)[C@@H](NC(=O)c1noc2c1CCCC2)C(C)(C)C. The van der Waals surface area contributed by atoms with Gasteiger partial charge in [0.05, 0.1) is 6.04 Å². The Hall–Kier alpha value is -1.65. The number of Topliss-reactive ketones (excluding diaryl/α,β-unsaturated/α-hetero) is 1. The van der Waals surface area contributed by atoms with Crippen molar-refractivity contribution in [2.75, 3.05) is 0 Å². The minimum absolute atomic E-state index is 0.0238. The first-order chi connectivity index (χ1) is 10.5. The summed E-state index contributed by atoms with van der Waals surface area (Å²) in [5.74, 6) is 0.529. The van der Waals surface area contributed by atoms with E-state index in [-0.39, 0.29) is 17.1 Å². The molecule has 5 heteroatoms. The van der Waals surface area contributed by atoms with Gasteiger partial charge in [0.1, 0.15) is 5.76 Å². The maximum Gasteiger partial charge on any atom is 0.274 e. The lowest BCUT2D eigenvalue weighted by Gasteiger charge is -2.34. The van der Waals surface area contributed by atoms with E-state index >= 15 is 0 Å². The van der Waals surface area contributed by atoms with Gasteiger partial charge in [-0.15, -0.1) is 0 Å². The van der Waals surface area contributed by atoms with E-state index in [2.05, 4.69) is 10.5 Å². The van der Waals surface area contributed by atoms with Crippen LogP contribution in [0.1, 0.15) is 76.2 Å². The van der Waals surface area contributed by atoms with Gasteiger partial charge in [-0.25, -0.2) is 0 Å². The average molecular weight is 320 g/mol. The van der Waals surface area contributed by atoms with Crippen LogP contribution in [0, 0.1) is 10.8 Å². The van der Waals surface area contributed by atoms with Crippen LogP contribution in [0.25, 0.3) is 0 Å². The van der Waals surface area contributed by atoms with E-state index < -0.39 is 11.5 Å². The van der Waals surface area contributed by atoms with Crippen molar-refractivity contribution in [1.29, 1.82) is 0 Å². The fourth-order valence-electron chi connectivity index (χ4n) is 2.87. The Labute approximate surface area is 138 Å². The molecule has 1 aromatic rings. The van der Waals surface area contributed by atoms with Gasteiger partial charge < -0.3 is 9.84 Å². The zero-order valence-electron chi connectivity index (χ0n) is 15.1. The highest BCUT2D eigenvalue weighted by atomic mass is 16.5. The summed E-state index contributed by atoms with van der Waals surface area (Å²) in [5.41, 5.74) is 0.360. The lowest BCUT2D eigenvalue weighted by molar-refractivity contribution is -0.130. The lowest BCUT2D eigenvalue weighted by atomic mass is 9.75. The quantitative estimate of drug-likeness (QED) is 0.927. The molecule has 0 fully saturated rings. The van der Waals surface area contributed by atoms with Crippen LogP contribution in [0.2, 0.25) is 0 Å². The molecule has 1 atom stereocenters. The van der Waals surface area contributed by atoms with Crippen LogP contribution in [-0.2, 0) is 17.6 Å². The minimum atomic E-state index is -0.564. The molecule has 1 amide bonds. The van der Waals surface area contributed by atoms with Crippen molar-refractivity contribution < 1.29 is 14.1 Å². The summed E-state index contributed by atoms with van der Waals surface area (Å²) in [7, 11) is 0. The summed E-state index contributed by atoms with van der Waals surface area (Å²) in [6.07, 6.45) is 3.75. The molecular weight excluding hydrogens is 292 g/mol. The second-order valence-corrected chi connectivity index (χ2v) is 8.53. The van der Waals surface area contributed by atoms with Crippen molar-refractivity contribution in [2.45, 2.75) is 73.3 Å². The molecule has 2 rings (SSSR count). The van der Waals surface area contributed by atoms with Gasteiger partial charge in [-0.3, -0.25) is 9.59 Å². The summed E-state index contributed by atoms with van der Waals surface area (Å²) in [5, 5.41) is 6.86. The Kier molecular flexibility index (Phi) is 4.69. The number of ketones is 1. The maximum absolute atomic E-state index is 12.7. The third-order valence-electron chi connectivity index (χ3n) is 4.31. The predicted octanol–water partition coefficient (Wildman–Crippen LogP) is 3.31. The largest absolute Gasteiger partial charge is 0.360 e. The fraction of sp³-hybridized carbons (Fsp3) is 0.722. The lowest BCUT2D eigenvalue weighted by Crippen LogP contribution is -2.52. The predicted molar refractivity (Wildman–Crippen MR) is 88.3 cm³/mol. The molecule has 1 aromatic heterocycles. The number of aryl methyl sites for hydroxylation is 1. The molecule has 0 saturated heterocycles. The molecule has 23 heavy (non-hydrogen) atoms. The van der Waals surface area contributed by atoms with Gasteiger partial charge >= 0.3 is 0 Å². The van der Waals surface area contributed by atoms with Crippen molar-refractivity contribution in [1.82, 2.24) is 10.5 Å². The molecule has 0 aliphatic heterocycles. The number of amides is 1. The Morgan fingerprint density at radius 3 is 2.26 bits per heavy atom. The molecule has 0 unspecified atom stereocenters. The van der Waals surface area contributed by atoms with Crippen LogP contribution < -0.4 is 5.32 Å². The van der Waals surface area contributed by atoms with Gasteiger partial charge in [-0.2, -0.15) is 0 Å². The van der Waals surface area contributed by atoms with Crippen molar-refractivity contribution >= 4 is 11.7 Å². The molecule has 0 spiro atoms. The highest BCUT2D eigenvalue weighted by Crippen LogP contribution is 2.29. The molecule has 5 nitrogen and oxygen atoms in total. The average Bonchev–Trinajstić information content (AvgIpc) is 2.85. The van der Waals surface area contributed by atoms with Crippen LogP contribution in [0.4, 0.5) is 0 Å². The first-order valence-corrected chi connectivity index (χ1v) is 8.34. The van der Waals surface area contributed by atoms with E-state index in [0.29, 0.717) is 5.69 Å². The minimum Gasteiger partial charge on any atom is -0.360 e. The number of nitrogens with zero attached hydrogens (tertiary/aromatic N) is 1. The molecule has 1 heterocycles. The Bertz CT molecular complexity index is 603. The molecule has 0 saturated carbocycles. The zero-order valence-corrected chi connectivity index (χ0v) is 15.1. The van der Waals surface area contributed by atoms with E-state index in [4.69, 9.17) is 4.52 Å². The summed E-state index contributed by atoms with van der Waals surface area (Å²) in [6.45, 7) is 11.5. The van der Waals surface area contributed by atoms with Crippen molar-refractivity contribution in [3.63, 3.8) is 0 Å². The molecular formula is C18H28N2O3. The number of rotatable bonds is 3. The van der Waals surface area contributed by atoms with E-state index in [1.54, 1.807) is 0 Å². The summed E-state index contributed by atoms with van der Waals surface area (Å²) in [4.78, 5) is 25.4. The van der Waals surface area contributed by atoms with Gasteiger partial charge in [-0.05, 0) is 24.7 Å². The van der Waals surface area contributed by atoms with Crippen molar-refractivity contribution in [3.8, 4) is 0 Å². The number of carbonyl (C=O) groups is 2. The highest BCUT2D eigenvalue weighted by molar-refractivity contribution is 5.99. The van der Waals surface area contributed by atoms with Gasteiger partial charge in [-0.1, -0.05) is 46.7 Å². The van der Waals surface area contributed by atoms with Gasteiger partial charge in [0.2, 0.25) is 0 Å². The van der Waals surface area contributed by atoms with E-state index in [1.165, 1.54) is 0 Å². The number of nitrogens with one attached hydrogen (secondary N) is 1. The Morgan fingerprint density at radius 1 is 1.09 bits per heavy atom. The molecule has 0 bridgehead atoms. The van der Waals surface area contributed by atoms with Crippen molar-refractivity contribution in [2.24, 2.45) is 10.8 Å². The smallest absolute Gasteiger partial charge is 0.274 e. The van der Waals surface area contributed by atoms with Crippen LogP contribution in [0.15, 0.2) is 4.52 Å². The van der Waals surface area contributed by atoms with E-state index in [1.807, 2.05) is 41.5 Å². The monoisotopic (exact) mass is 320 g/mol. The topological polar surface area (TPSA) is 72.2 Å². The van der Waals surface area contributed by atoms with Crippen LogP contribution in [0.3, 0.4) is 0 Å². The highest BCUT2D eigenvalue weighted by Gasteiger charge is 2.39. The molecule has 1 aliphatic carbocycles. The number of hydrogen-bond acceptors (Lipinski definition) is 4.